The molecule has 1 saturated heterocycles. The van der Waals surface area contributed by atoms with Crippen LogP contribution in [0.5, 0.6) is 0 Å². The largest absolute Gasteiger partial charge is 0.394 e. The molecule has 8 nitrogen and oxygen atoms in total. The fourth-order valence-electron chi connectivity index (χ4n) is 2.37. The van der Waals surface area contributed by atoms with E-state index in [9.17, 15) is 18.3 Å². The molecular formula is C12H19N3O5S. The highest BCUT2D eigenvalue weighted by Gasteiger charge is 2.34. The number of carbonyl (C=O) groups excluding carboxylic acids is 1. The number of ether oxygens (including phenoxy) is 1. The van der Waals surface area contributed by atoms with Gasteiger partial charge >= 0.3 is 0 Å². The van der Waals surface area contributed by atoms with E-state index in [2.05, 4.69) is 0 Å². The molecular weight excluding hydrogens is 298 g/mol. The summed E-state index contributed by atoms with van der Waals surface area (Å²) in [5.74, 6) is -0.692. The second kappa shape index (κ2) is 5.76. The van der Waals surface area contributed by atoms with Crippen molar-refractivity contribution in [2.24, 2.45) is 12.8 Å². The van der Waals surface area contributed by atoms with E-state index in [1.165, 1.54) is 21.1 Å². The molecule has 118 valence electrons. The molecule has 2 rings (SSSR count). The number of hydrogen-bond donors (Lipinski definition) is 2. The lowest BCUT2D eigenvalue weighted by Gasteiger charge is -2.34. The number of sulfonamides is 1. The highest BCUT2D eigenvalue weighted by molar-refractivity contribution is 7.89. The average molecular weight is 317 g/mol. The Kier molecular flexibility index (Phi) is 4.38. The Labute approximate surface area is 123 Å². The maximum absolute atomic E-state index is 12.6. The number of nitrogens with zero attached hydrogens (tertiary/aromatic N) is 2. The molecule has 1 fully saturated rings. The van der Waals surface area contributed by atoms with E-state index in [0.717, 1.165) is 0 Å². The van der Waals surface area contributed by atoms with Gasteiger partial charge in [0, 0.05) is 26.3 Å². The van der Waals surface area contributed by atoms with E-state index in [1.54, 1.807) is 14.0 Å². The molecule has 0 spiro atoms. The molecule has 1 aliphatic rings. The Hall–Kier alpha value is -1.42. The summed E-state index contributed by atoms with van der Waals surface area (Å²) in [7, 11) is -2.21. The van der Waals surface area contributed by atoms with Gasteiger partial charge < -0.3 is 20.1 Å². The third-order valence-corrected chi connectivity index (χ3v) is 5.16. The molecule has 1 aromatic rings. The van der Waals surface area contributed by atoms with Crippen LogP contribution >= 0.6 is 0 Å². The minimum Gasteiger partial charge on any atom is -0.394 e. The number of rotatable bonds is 4. The van der Waals surface area contributed by atoms with Crippen molar-refractivity contribution in [3.8, 4) is 0 Å². The van der Waals surface area contributed by atoms with Crippen molar-refractivity contribution >= 4 is 15.9 Å². The SMILES string of the molecule is CC1CN(S(=O)(=O)c2cc(C(N)=O)n(C)c2)CC(CO)O1. The summed E-state index contributed by atoms with van der Waals surface area (Å²) in [6.45, 7) is 1.76. The maximum Gasteiger partial charge on any atom is 0.265 e. The minimum atomic E-state index is -3.76. The van der Waals surface area contributed by atoms with E-state index in [-0.39, 0.29) is 36.4 Å². The first-order chi connectivity index (χ1) is 9.75. The summed E-state index contributed by atoms with van der Waals surface area (Å²) in [5, 5.41) is 9.17. The Morgan fingerprint density at radius 3 is 2.71 bits per heavy atom. The second-order valence-electron chi connectivity index (χ2n) is 5.11. The zero-order valence-electron chi connectivity index (χ0n) is 11.9. The van der Waals surface area contributed by atoms with Gasteiger partial charge in [0.1, 0.15) is 10.6 Å². The summed E-state index contributed by atoms with van der Waals surface area (Å²) in [6.07, 6.45) is 0.483. The van der Waals surface area contributed by atoms with Crippen LogP contribution < -0.4 is 5.73 Å². The number of aromatic nitrogens is 1. The minimum absolute atomic E-state index is 0.00425. The second-order valence-corrected chi connectivity index (χ2v) is 7.05. The molecule has 2 atom stereocenters. The van der Waals surface area contributed by atoms with Gasteiger partial charge in [0.2, 0.25) is 10.0 Å². The third kappa shape index (κ3) is 3.10. The van der Waals surface area contributed by atoms with Crippen molar-refractivity contribution in [1.82, 2.24) is 8.87 Å². The van der Waals surface area contributed by atoms with E-state index in [0.29, 0.717) is 0 Å². The number of nitrogens with two attached hydrogens (primary N) is 1. The van der Waals surface area contributed by atoms with Crippen LogP contribution in [-0.2, 0) is 21.8 Å². The molecule has 3 N–H and O–H groups in total. The summed E-state index contributed by atoms with van der Waals surface area (Å²) >= 11 is 0. The predicted molar refractivity (Wildman–Crippen MR) is 74.1 cm³/mol. The first kappa shape index (κ1) is 16.0. The predicted octanol–water partition coefficient (Wildman–Crippen LogP) is -1.11. The van der Waals surface area contributed by atoms with Crippen molar-refractivity contribution in [3.63, 3.8) is 0 Å². The number of primary amides is 1. The molecule has 1 aliphatic heterocycles. The monoisotopic (exact) mass is 317 g/mol. The van der Waals surface area contributed by atoms with Gasteiger partial charge in [-0.2, -0.15) is 4.31 Å². The molecule has 1 amide bonds. The lowest BCUT2D eigenvalue weighted by Crippen LogP contribution is -2.50. The molecule has 2 unspecified atom stereocenters. The number of morpholine rings is 1. The first-order valence-electron chi connectivity index (χ1n) is 6.48. The third-order valence-electron chi connectivity index (χ3n) is 3.37. The number of carbonyl (C=O) groups is 1. The maximum atomic E-state index is 12.6. The Morgan fingerprint density at radius 1 is 1.52 bits per heavy atom. The van der Waals surface area contributed by atoms with Crippen LogP contribution in [0.1, 0.15) is 17.4 Å². The van der Waals surface area contributed by atoms with Gasteiger partial charge in [0.15, 0.2) is 0 Å². The highest BCUT2D eigenvalue weighted by atomic mass is 32.2. The van der Waals surface area contributed by atoms with Crippen molar-refractivity contribution in [2.45, 2.75) is 24.0 Å². The van der Waals surface area contributed by atoms with Crippen molar-refractivity contribution in [2.75, 3.05) is 19.7 Å². The number of amides is 1. The smallest absolute Gasteiger partial charge is 0.265 e. The Morgan fingerprint density at radius 2 is 2.19 bits per heavy atom. The van der Waals surface area contributed by atoms with E-state index in [4.69, 9.17) is 10.5 Å². The molecule has 0 bridgehead atoms. The van der Waals surface area contributed by atoms with Crippen LogP contribution in [0.15, 0.2) is 17.2 Å². The molecule has 0 saturated carbocycles. The van der Waals surface area contributed by atoms with Gasteiger partial charge in [-0.15, -0.1) is 0 Å². The molecule has 0 radical (unpaired) electrons. The van der Waals surface area contributed by atoms with Crippen LogP contribution in [0.3, 0.4) is 0 Å². The zero-order chi connectivity index (χ0) is 15.8. The van der Waals surface area contributed by atoms with E-state index >= 15 is 0 Å². The van der Waals surface area contributed by atoms with Gasteiger partial charge in [-0.25, -0.2) is 8.42 Å². The van der Waals surface area contributed by atoms with Gasteiger partial charge in [-0.05, 0) is 13.0 Å². The molecule has 9 heteroatoms. The van der Waals surface area contributed by atoms with Crippen LogP contribution in [0.25, 0.3) is 0 Å². The summed E-state index contributed by atoms with van der Waals surface area (Å²) in [4.78, 5) is 11.2. The van der Waals surface area contributed by atoms with Gasteiger partial charge in [-0.1, -0.05) is 0 Å². The summed E-state index contributed by atoms with van der Waals surface area (Å²) < 4.78 is 33.3. The van der Waals surface area contributed by atoms with Crippen molar-refractivity contribution in [1.29, 1.82) is 0 Å². The molecule has 1 aromatic heterocycles. The normalized spacial score (nSPS) is 24.1. The van der Waals surface area contributed by atoms with E-state index in [1.807, 2.05) is 0 Å². The zero-order valence-corrected chi connectivity index (χ0v) is 12.7. The fraction of sp³-hybridized carbons (Fsp3) is 0.583. The fourth-order valence-corrected chi connectivity index (χ4v) is 3.99. The van der Waals surface area contributed by atoms with Crippen LogP contribution in [0.2, 0.25) is 0 Å². The van der Waals surface area contributed by atoms with Gasteiger partial charge in [-0.3, -0.25) is 4.79 Å². The standard InChI is InChI=1S/C12H19N3O5S/c1-8-4-15(5-9(7-16)20-8)21(18,19)10-3-11(12(13)17)14(2)6-10/h3,6,8-9,16H,4-5,7H2,1-2H3,(H2,13,17). The topological polar surface area (TPSA) is 115 Å². The first-order valence-corrected chi connectivity index (χ1v) is 7.92. The number of aliphatic hydroxyl groups is 1. The van der Waals surface area contributed by atoms with Crippen LogP contribution in [-0.4, -0.2) is 60.2 Å². The molecule has 2 heterocycles. The van der Waals surface area contributed by atoms with Gasteiger partial charge in [0.25, 0.3) is 5.91 Å². The quantitative estimate of drug-likeness (QED) is 0.731. The van der Waals surface area contributed by atoms with Crippen LogP contribution in [0, 0.1) is 0 Å². The summed E-state index contributed by atoms with van der Waals surface area (Å²) in [5.41, 5.74) is 5.31. The molecule has 21 heavy (non-hydrogen) atoms. The lowest BCUT2D eigenvalue weighted by atomic mass is 10.2. The molecule has 0 aliphatic carbocycles. The highest BCUT2D eigenvalue weighted by Crippen LogP contribution is 2.22. The summed E-state index contributed by atoms with van der Waals surface area (Å²) in [6, 6.07) is 1.26. The number of hydrogen-bond acceptors (Lipinski definition) is 5. The van der Waals surface area contributed by atoms with Crippen molar-refractivity contribution in [3.05, 3.63) is 18.0 Å². The lowest BCUT2D eigenvalue weighted by molar-refractivity contribution is -0.0750. The van der Waals surface area contributed by atoms with Gasteiger partial charge in [0.05, 0.1) is 18.8 Å². The Balaban J connectivity index is 2.33. The molecule has 0 aromatic carbocycles. The van der Waals surface area contributed by atoms with Crippen LogP contribution in [0.4, 0.5) is 0 Å². The van der Waals surface area contributed by atoms with E-state index < -0.39 is 22.0 Å². The average Bonchev–Trinajstić information content (AvgIpc) is 2.81. The number of aliphatic hydroxyl groups excluding tert-OH is 1. The van der Waals surface area contributed by atoms with Crippen molar-refractivity contribution < 1.29 is 23.1 Å². The number of aryl methyl sites for hydroxylation is 1. The Bertz CT molecular complexity index is 639.